The lowest BCUT2D eigenvalue weighted by Crippen LogP contribution is -2.37. The monoisotopic (exact) mass is 385 g/mol. The molecule has 0 N–H and O–H groups in total. The van der Waals surface area contributed by atoms with Gasteiger partial charge in [-0.3, -0.25) is 0 Å². The second-order valence-electron chi connectivity index (χ2n) is 5.88. The maximum atomic E-state index is 14.9. The van der Waals surface area contributed by atoms with Gasteiger partial charge >= 0.3 is 0 Å². The normalized spacial score (nSPS) is 16.6. The Kier molecular flexibility index (Phi) is 5.77. The van der Waals surface area contributed by atoms with Crippen LogP contribution in [-0.2, 0) is 4.74 Å². The van der Waals surface area contributed by atoms with Gasteiger partial charge in [-0.05, 0) is 31.4 Å². The maximum absolute atomic E-state index is 14.9. The second kappa shape index (κ2) is 8.05. The molecule has 3 heterocycles. The molecule has 0 aromatic carbocycles. The van der Waals surface area contributed by atoms with E-state index in [0.717, 1.165) is 25.2 Å². The highest BCUT2D eigenvalue weighted by molar-refractivity contribution is 6.28. The predicted molar refractivity (Wildman–Crippen MR) is 90.3 cm³/mol. The molecule has 0 spiro atoms. The maximum Gasteiger partial charge on any atom is 0.257 e. The fraction of sp³-hybridized carbons (Fsp3) is 0.500. The molecule has 1 saturated heterocycles. The van der Waals surface area contributed by atoms with Gasteiger partial charge in [-0.25, -0.2) is 14.4 Å². The summed E-state index contributed by atoms with van der Waals surface area (Å²) in [5.41, 5.74) is 0. The second-order valence-corrected chi connectivity index (χ2v) is 6.22. The molecule has 0 bridgehead atoms. The van der Waals surface area contributed by atoms with Crippen molar-refractivity contribution in [2.24, 2.45) is 0 Å². The van der Waals surface area contributed by atoms with Crippen LogP contribution in [0.15, 0.2) is 12.4 Å². The largest absolute Gasteiger partial charge is 0.464 e. The van der Waals surface area contributed by atoms with Gasteiger partial charge in [0, 0.05) is 20.2 Å². The molecule has 1 aliphatic rings. The van der Waals surface area contributed by atoms with Crippen LogP contribution < -0.4 is 9.64 Å². The summed E-state index contributed by atoms with van der Waals surface area (Å²) >= 11 is 5.95. The van der Waals surface area contributed by atoms with Crippen LogP contribution in [0.5, 0.6) is 5.88 Å². The molecule has 0 saturated carbocycles. The van der Waals surface area contributed by atoms with E-state index >= 15 is 0 Å². The molecule has 1 unspecified atom stereocenters. The van der Waals surface area contributed by atoms with Crippen molar-refractivity contribution in [1.29, 1.82) is 0 Å². The molecule has 26 heavy (non-hydrogen) atoms. The summed E-state index contributed by atoms with van der Waals surface area (Å²) < 4.78 is 38.6. The first-order chi connectivity index (χ1) is 12.5. The van der Waals surface area contributed by atoms with E-state index < -0.39 is 17.7 Å². The highest BCUT2D eigenvalue weighted by Crippen LogP contribution is 2.30. The molecule has 140 valence electrons. The topological polar surface area (TPSA) is 73.3 Å². The number of anilines is 1. The van der Waals surface area contributed by atoms with E-state index in [0.29, 0.717) is 13.1 Å². The van der Waals surface area contributed by atoms with Crippen molar-refractivity contribution in [1.82, 2.24) is 19.9 Å². The number of aromatic nitrogens is 4. The summed E-state index contributed by atoms with van der Waals surface area (Å²) in [6.07, 6.45) is 2.94. The van der Waals surface area contributed by atoms with Gasteiger partial charge in [0.15, 0.2) is 23.6 Å². The van der Waals surface area contributed by atoms with Crippen molar-refractivity contribution in [3.63, 3.8) is 0 Å². The number of methoxy groups -OCH3 is 1. The fourth-order valence-electron chi connectivity index (χ4n) is 2.73. The Morgan fingerprint density at radius 3 is 2.46 bits per heavy atom. The van der Waals surface area contributed by atoms with E-state index in [1.807, 2.05) is 0 Å². The number of rotatable bonds is 5. The van der Waals surface area contributed by atoms with Gasteiger partial charge in [0.25, 0.3) is 5.88 Å². The first kappa shape index (κ1) is 18.7. The molecule has 0 radical (unpaired) electrons. The minimum Gasteiger partial charge on any atom is -0.464 e. The third-order valence-corrected chi connectivity index (χ3v) is 4.31. The van der Waals surface area contributed by atoms with Gasteiger partial charge in [0.05, 0.1) is 18.5 Å². The van der Waals surface area contributed by atoms with Gasteiger partial charge in [-0.1, -0.05) is 0 Å². The van der Waals surface area contributed by atoms with E-state index in [1.54, 1.807) is 18.9 Å². The molecule has 3 rings (SSSR count). The highest BCUT2D eigenvalue weighted by atomic mass is 35.5. The summed E-state index contributed by atoms with van der Waals surface area (Å²) in [7, 11) is 1.66. The number of ether oxygens (including phenoxy) is 2. The number of halogens is 3. The summed E-state index contributed by atoms with van der Waals surface area (Å²) in [4.78, 5) is 17.2. The zero-order valence-corrected chi connectivity index (χ0v) is 15.1. The molecule has 1 aliphatic heterocycles. The van der Waals surface area contributed by atoms with Crippen molar-refractivity contribution >= 4 is 17.4 Å². The minimum atomic E-state index is -0.747. The van der Waals surface area contributed by atoms with Gasteiger partial charge < -0.3 is 14.4 Å². The lowest BCUT2D eigenvalue weighted by atomic mass is 10.1. The van der Waals surface area contributed by atoms with Gasteiger partial charge in [-0.15, -0.1) is 0 Å². The van der Waals surface area contributed by atoms with E-state index in [-0.39, 0.29) is 28.9 Å². The molecule has 0 aliphatic carbocycles. The lowest BCUT2D eigenvalue weighted by molar-refractivity contribution is 0.0816. The Hall–Kier alpha value is -2.13. The van der Waals surface area contributed by atoms with Crippen LogP contribution in [-0.4, -0.2) is 46.2 Å². The van der Waals surface area contributed by atoms with E-state index in [2.05, 4.69) is 19.9 Å². The standard InChI is InChI=1S/C16H18ClF2N5O2/c1-9(13-20-7-10(18)8-21-13)26-15-12(19)14(22-16(17)23-15)24-5-3-11(25-2)4-6-24/h7-9,11H,3-6H2,1-2H3. The van der Waals surface area contributed by atoms with Gasteiger partial charge in [0.1, 0.15) is 0 Å². The quantitative estimate of drug-likeness (QED) is 0.732. The van der Waals surface area contributed by atoms with Crippen LogP contribution in [0.4, 0.5) is 14.6 Å². The van der Waals surface area contributed by atoms with Crippen LogP contribution in [0.1, 0.15) is 31.7 Å². The molecule has 2 aromatic rings. The first-order valence-electron chi connectivity index (χ1n) is 8.12. The summed E-state index contributed by atoms with van der Waals surface area (Å²) in [5.74, 6) is -1.29. The van der Waals surface area contributed by atoms with Gasteiger partial charge in [0.2, 0.25) is 11.1 Å². The fourth-order valence-corrected chi connectivity index (χ4v) is 2.89. The summed E-state index contributed by atoms with van der Waals surface area (Å²) in [6, 6.07) is 0. The number of hydrogen-bond donors (Lipinski definition) is 0. The average molecular weight is 386 g/mol. The van der Waals surface area contributed by atoms with Crippen LogP contribution in [0, 0.1) is 11.6 Å². The summed E-state index contributed by atoms with van der Waals surface area (Å²) in [6.45, 7) is 2.77. The minimum absolute atomic E-state index is 0.0850. The zero-order valence-electron chi connectivity index (χ0n) is 14.3. The average Bonchev–Trinajstić information content (AvgIpc) is 2.65. The number of piperidine rings is 1. The molecular formula is C16H18ClF2N5O2. The number of nitrogens with zero attached hydrogens (tertiary/aromatic N) is 5. The molecule has 1 fully saturated rings. The van der Waals surface area contributed by atoms with Crippen molar-refractivity contribution in [3.8, 4) is 5.88 Å². The molecule has 7 nitrogen and oxygen atoms in total. The molecule has 2 aromatic heterocycles. The van der Waals surface area contributed by atoms with Crippen LogP contribution in [0.2, 0.25) is 5.28 Å². The van der Waals surface area contributed by atoms with Crippen LogP contribution >= 0.6 is 11.6 Å². The van der Waals surface area contributed by atoms with Crippen molar-refractivity contribution in [3.05, 3.63) is 35.1 Å². The summed E-state index contributed by atoms with van der Waals surface area (Å²) in [5, 5.41) is -0.127. The van der Waals surface area contributed by atoms with Crippen molar-refractivity contribution in [2.45, 2.75) is 32.0 Å². The zero-order chi connectivity index (χ0) is 18.7. The lowest BCUT2D eigenvalue weighted by Gasteiger charge is -2.32. The van der Waals surface area contributed by atoms with Crippen LogP contribution in [0.3, 0.4) is 0 Å². The predicted octanol–water partition coefficient (Wildman–Crippen LogP) is 2.95. The van der Waals surface area contributed by atoms with Gasteiger partial charge in [-0.2, -0.15) is 14.4 Å². The SMILES string of the molecule is COC1CCN(c2nc(Cl)nc(OC(C)c3ncc(F)cn3)c2F)CC1. The smallest absolute Gasteiger partial charge is 0.257 e. The Morgan fingerprint density at radius 1 is 1.19 bits per heavy atom. The Morgan fingerprint density at radius 2 is 1.85 bits per heavy atom. The number of hydrogen-bond acceptors (Lipinski definition) is 7. The Balaban J connectivity index is 1.80. The highest BCUT2D eigenvalue weighted by Gasteiger charge is 2.26. The van der Waals surface area contributed by atoms with Crippen molar-refractivity contribution in [2.75, 3.05) is 25.1 Å². The molecule has 10 heteroatoms. The van der Waals surface area contributed by atoms with E-state index in [1.165, 1.54) is 0 Å². The molecule has 0 amide bonds. The Labute approximate surface area is 154 Å². The third kappa shape index (κ3) is 4.16. The van der Waals surface area contributed by atoms with E-state index in [4.69, 9.17) is 21.1 Å². The first-order valence-corrected chi connectivity index (χ1v) is 8.50. The van der Waals surface area contributed by atoms with Crippen molar-refractivity contribution < 1.29 is 18.3 Å². The Bertz CT molecular complexity index is 757. The third-order valence-electron chi connectivity index (χ3n) is 4.14. The van der Waals surface area contributed by atoms with Crippen LogP contribution in [0.25, 0.3) is 0 Å². The molecule has 1 atom stereocenters. The van der Waals surface area contributed by atoms with E-state index in [9.17, 15) is 8.78 Å². The molecular weight excluding hydrogens is 368 g/mol.